The van der Waals surface area contributed by atoms with Crippen LogP contribution in [0.3, 0.4) is 0 Å². The Morgan fingerprint density at radius 3 is 2.59 bits per heavy atom. The van der Waals surface area contributed by atoms with Gasteiger partial charge in [-0.2, -0.15) is 0 Å². The van der Waals surface area contributed by atoms with Gasteiger partial charge in [0.15, 0.2) is 6.10 Å². The van der Waals surface area contributed by atoms with Crippen LogP contribution in [0.1, 0.15) is 48.2 Å². The third-order valence-corrected chi connectivity index (χ3v) is 4.68. The normalized spacial score (nSPS) is 14.0. The van der Waals surface area contributed by atoms with E-state index in [1.807, 2.05) is 12.1 Å². The monoisotopic (exact) mass is 367 g/mol. The number of aryl methyl sites for hydroxylation is 2. The zero-order chi connectivity index (χ0) is 19.2. The minimum atomic E-state index is -0.693. The molecule has 5 heteroatoms. The highest BCUT2D eigenvalue weighted by molar-refractivity contribution is 6.02. The molecule has 2 aromatic rings. The van der Waals surface area contributed by atoms with Crippen molar-refractivity contribution in [2.24, 2.45) is 0 Å². The maximum Gasteiger partial charge on any atom is 0.340 e. The van der Waals surface area contributed by atoms with Crippen LogP contribution in [0.2, 0.25) is 0 Å². The lowest BCUT2D eigenvalue weighted by atomic mass is 9.92. The summed E-state index contributed by atoms with van der Waals surface area (Å²) in [6.07, 6.45) is 3.89. The number of hydrogen-bond donors (Lipinski definition) is 1. The Balaban J connectivity index is 1.67. The second-order valence-corrected chi connectivity index (χ2v) is 6.65. The molecule has 0 fully saturated rings. The Bertz CT molecular complexity index is 831. The number of esters is 1. The van der Waals surface area contributed by atoms with Gasteiger partial charge in [-0.25, -0.2) is 4.79 Å². The quantitative estimate of drug-likeness (QED) is 0.779. The molecule has 1 aliphatic carbocycles. The van der Waals surface area contributed by atoms with Crippen LogP contribution < -0.4 is 10.1 Å². The predicted molar refractivity (Wildman–Crippen MR) is 104 cm³/mol. The molecule has 3 rings (SSSR count). The second-order valence-electron chi connectivity index (χ2n) is 6.65. The molecule has 0 aliphatic heterocycles. The van der Waals surface area contributed by atoms with Gasteiger partial charge in [-0.1, -0.05) is 18.2 Å². The largest absolute Gasteiger partial charge is 0.481 e. The summed E-state index contributed by atoms with van der Waals surface area (Å²) < 4.78 is 10.9. The highest BCUT2D eigenvalue weighted by Gasteiger charge is 2.19. The van der Waals surface area contributed by atoms with Crippen molar-refractivity contribution in [3.63, 3.8) is 0 Å². The number of nitrogens with one attached hydrogen (secondary N) is 1. The van der Waals surface area contributed by atoms with Crippen LogP contribution in [0.15, 0.2) is 42.5 Å². The first-order valence-electron chi connectivity index (χ1n) is 9.44. The van der Waals surface area contributed by atoms with E-state index in [1.165, 1.54) is 24.0 Å². The molecule has 1 unspecified atom stereocenters. The van der Waals surface area contributed by atoms with E-state index in [2.05, 4.69) is 11.4 Å². The van der Waals surface area contributed by atoms with Crippen molar-refractivity contribution in [1.29, 1.82) is 0 Å². The van der Waals surface area contributed by atoms with Gasteiger partial charge in [0.25, 0.3) is 5.91 Å². The number of rotatable bonds is 6. The standard InChI is InChI=1S/C22H25NO4/c1-3-26-22(25)19-10-6-7-11-20(19)23-21(24)15(2)27-18-13-12-16-8-4-5-9-17(16)14-18/h6-7,10-15H,3-5,8-9H2,1-2H3,(H,23,24). The summed E-state index contributed by atoms with van der Waals surface area (Å²) in [5, 5.41) is 2.77. The van der Waals surface area contributed by atoms with E-state index < -0.39 is 12.1 Å². The van der Waals surface area contributed by atoms with Crippen molar-refractivity contribution in [2.45, 2.75) is 45.6 Å². The summed E-state index contributed by atoms with van der Waals surface area (Å²) in [6.45, 7) is 3.72. The highest BCUT2D eigenvalue weighted by atomic mass is 16.5. The summed E-state index contributed by atoms with van der Waals surface area (Å²) in [5.74, 6) is -0.0851. The minimum Gasteiger partial charge on any atom is -0.481 e. The predicted octanol–water partition coefficient (Wildman–Crippen LogP) is 4.15. The van der Waals surface area contributed by atoms with Gasteiger partial charge in [0, 0.05) is 0 Å². The molecule has 0 aromatic heterocycles. The van der Waals surface area contributed by atoms with Crippen LogP contribution in [0.25, 0.3) is 0 Å². The van der Waals surface area contributed by atoms with Crippen molar-refractivity contribution in [2.75, 3.05) is 11.9 Å². The number of para-hydroxylation sites is 1. The first-order valence-corrected chi connectivity index (χ1v) is 9.44. The van der Waals surface area contributed by atoms with Crippen molar-refractivity contribution < 1.29 is 19.1 Å². The molecule has 1 N–H and O–H groups in total. The van der Waals surface area contributed by atoms with E-state index in [4.69, 9.17) is 9.47 Å². The van der Waals surface area contributed by atoms with Gasteiger partial charge in [0.1, 0.15) is 5.75 Å². The van der Waals surface area contributed by atoms with Crippen molar-refractivity contribution in [3.8, 4) is 5.75 Å². The molecule has 0 saturated carbocycles. The first-order chi connectivity index (χ1) is 13.1. The van der Waals surface area contributed by atoms with Crippen molar-refractivity contribution in [3.05, 3.63) is 59.2 Å². The molecule has 27 heavy (non-hydrogen) atoms. The van der Waals surface area contributed by atoms with Gasteiger partial charge in [-0.15, -0.1) is 0 Å². The van der Waals surface area contributed by atoms with Crippen LogP contribution in [0.4, 0.5) is 5.69 Å². The Morgan fingerprint density at radius 2 is 1.81 bits per heavy atom. The van der Waals surface area contributed by atoms with Crippen molar-refractivity contribution in [1.82, 2.24) is 0 Å². The molecule has 0 saturated heterocycles. The summed E-state index contributed by atoms with van der Waals surface area (Å²) in [5.41, 5.74) is 3.42. The van der Waals surface area contributed by atoms with Gasteiger partial charge in [-0.3, -0.25) is 4.79 Å². The number of carbonyl (C=O) groups is 2. The smallest absolute Gasteiger partial charge is 0.340 e. The molecule has 0 spiro atoms. The number of ether oxygens (including phenoxy) is 2. The third-order valence-electron chi connectivity index (χ3n) is 4.68. The number of benzene rings is 2. The molecule has 142 valence electrons. The molecular formula is C22H25NO4. The van der Waals surface area contributed by atoms with Gasteiger partial charge in [0.2, 0.25) is 0 Å². The maximum atomic E-state index is 12.6. The average Bonchev–Trinajstić information content (AvgIpc) is 2.68. The van der Waals surface area contributed by atoms with E-state index in [0.717, 1.165) is 12.8 Å². The topological polar surface area (TPSA) is 64.6 Å². The molecule has 1 atom stereocenters. The number of hydrogen-bond acceptors (Lipinski definition) is 4. The molecule has 0 radical (unpaired) electrons. The first kappa shape index (κ1) is 19.0. The van der Waals surface area contributed by atoms with Crippen LogP contribution >= 0.6 is 0 Å². The molecule has 0 heterocycles. The fourth-order valence-electron chi connectivity index (χ4n) is 3.25. The number of carbonyl (C=O) groups excluding carboxylic acids is 2. The maximum absolute atomic E-state index is 12.6. The zero-order valence-corrected chi connectivity index (χ0v) is 15.8. The summed E-state index contributed by atoms with van der Waals surface area (Å²) >= 11 is 0. The van der Waals surface area contributed by atoms with Crippen LogP contribution in [-0.4, -0.2) is 24.6 Å². The van der Waals surface area contributed by atoms with E-state index in [1.54, 1.807) is 38.1 Å². The Kier molecular flexibility index (Phi) is 6.12. The summed E-state index contributed by atoms with van der Waals surface area (Å²) in [4.78, 5) is 24.6. The lowest BCUT2D eigenvalue weighted by molar-refractivity contribution is -0.122. The molecule has 2 aromatic carbocycles. The van der Waals surface area contributed by atoms with E-state index in [0.29, 0.717) is 17.0 Å². The SMILES string of the molecule is CCOC(=O)c1ccccc1NC(=O)C(C)Oc1ccc2c(c1)CCCC2. The van der Waals surface area contributed by atoms with Gasteiger partial charge in [0.05, 0.1) is 17.9 Å². The van der Waals surface area contributed by atoms with E-state index >= 15 is 0 Å². The minimum absolute atomic E-state index is 0.277. The molecule has 1 amide bonds. The summed E-state index contributed by atoms with van der Waals surface area (Å²) in [7, 11) is 0. The number of fused-ring (bicyclic) bond motifs is 1. The lowest BCUT2D eigenvalue weighted by Gasteiger charge is -2.19. The highest BCUT2D eigenvalue weighted by Crippen LogP contribution is 2.26. The number of anilines is 1. The average molecular weight is 367 g/mol. The van der Waals surface area contributed by atoms with Gasteiger partial charge in [-0.05, 0) is 74.9 Å². The molecule has 0 bridgehead atoms. The van der Waals surface area contributed by atoms with Gasteiger partial charge >= 0.3 is 5.97 Å². The lowest BCUT2D eigenvalue weighted by Crippen LogP contribution is -2.31. The summed E-state index contributed by atoms with van der Waals surface area (Å²) in [6, 6.07) is 12.8. The number of amides is 1. The Labute approximate surface area is 159 Å². The molecule has 1 aliphatic rings. The van der Waals surface area contributed by atoms with Crippen molar-refractivity contribution >= 4 is 17.6 Å². The Hall–Kier alpha value is -2.82. The fourth-order valence-corrected chi connectivity index (χ4v) is 3.25. The van der Waals surface area contributed by atoms with Crippen LogP contribution in [0.5, 0.6) is 5.75 Å². The Morgan fingerprint density at radius 1 is 1.07 bits per heavy atom. The zero-order valence-electron chi connectivity index (χ0n) is 15.8. The second kappa shape index (κ2) is 8.71. The molecule has 5 nitrogen and oxygen atoms in total. The van der Waals surface area contributed by atoms with Crippen LogP contribution in [-0.2, 0) is 22.4 Å². The van der Waals surface area contributed by atoms with Gasteiger partial charge < -0.3 is 14.8 Å². The van der Waals surface area contributed by atoms with E-state index in [9.17, 15) is 9.59 Å². The third kappa shape index (κ3) is 4.67. The fraction of sp³-hybridized carbons (Fsp3) is 0.364. The van der Waals surface area contributed by atoms with Crippen LogP contribution in [0, 0.1) is 0 Å². The molecular weight excluding hydrogens is 342 g/mol. The van der Waals surface area contributed by atoms with E-state index in [-0.39, 0.29) is 12.5 Å².